The summed E-state index contributed by atoms with van der Waals surface area (Å²) < 4.78 is 0. The Morgan fingerprint density at radius 3 is 2.43 bits per heavy atom. The Kier molecular flexibility index (Phi) is 6.80. The number of anilines is 2. The van der Waals surface area contributed by atoms with Gasteiger partial charge in [0.1, 0.15) is 0 Å². The van der Waals surface area contributed by atoms with Crippen LogP contribution < -0.4 is 10.3 Å². The Morgan fingerprint density at radius 2 is 1.82 bits per heavy atom. The number of non-ortho nitro benzene ring substituents is 1. The summed E-state index contributed by atoms with van der Waals surface area (Å²) in [5.74, 6) is 0. The van der Waals surface area contributed by atoms with E-state index in [1.807, 2.05) is 34.5 Å². The first kappa shape index (κ1) is 20.1. The molecule has 1 heterocycles. The number of thiazole rings is 1. The molecule has 0 radical (unpaired) electrons. The summed E-state index contributed by atoms with van der Waals surface area (Å²) in [5, 5.41) is 17.4. The molecule has 0 fully saturated rings. The number of aromatic nitrogens is 1. The van der Waals surface area contributed by atoms with Crippen molar-refractivity contribution in [2.45, 2.75) is 0 Å². The maximum absolute atomic E-state index is 10.7. The fourth-order valence-corrected chi connectivity index (χ4v) is 3.51. The summed E-state index contributed by atoms with van der Waals surface area (Å²) in [4.78, 5) is 16.5. The lowest BCUT2D eigenvalue weighted by Crippen LogP contribution is -2.18. The van der Waals surface area contributed by atoms with Gasteiger partial charge < -0.3 is 4.90 Å². The fourth-order valence-electron chi connectivity index (χ4n) is 2.31. The molecule has 0 aliphatic carbocycles. The third-order valence-electron chi connectivity index (χ3n) is 3.80. The van der Waals surface area contributed by atoms with Crippen molar-refractivity contribution in [1.82, 2.24) is 4.98 Å². The third-order valence-corrected chi connectivity index (χ3v) is 5.12. The van der Waals surface area contributed by atoms with Crippen molar-refractivity contribution in [3.63, 3.8) is 0 Å². The summed E-state index contributed by atoms with van der Waals surface area (Å²) in [6, 6.07) is 14.6. The van der Waals surface area contributed by atoms with Crippen molar-refractivity contribution < 1.29 is 4.92 Å². The monoisotopic (exact) mass is 435 g/mol. The highest BCUT2D eigenvalue weighted by molar-refractivity contribution is 7.14. The van der Waals surface area contributed by atoms with Crippen LogP contribution in [0.5, 0.6) is 0 Å². The number of nitrogens with one attached hydrogen (secondary N) is 1. The third kappa shape index (κ3) is 4.98. The lowest BCUT2D eigenvalue weighted by atomic mass is 10.1. The summed E-state index contributed by atoms with van der Waals surface area (Å²) in [5.41, 5.74) is 6.31. The second-order valence-electron chi connectivity index (χ2n) is 5.58. The zero-order valence-electron chi connectivity index (χ0n) is 14.5. The molecule has 0 unspecified atom stereocenters. The molecule has 2 aromatic carbocycles. The molecule has 0 saturated carbocycles. The van der Waals surface area contributed by atoms with Gasteiger partial charge in [-0.25, -0.2) is 4.98 Å². The van der Waals surface area contributed by atoms with E-state index in [1.54, 1.807) is 18.3 Å². The van der Waals surface area contributed by atoms with Crippen LogP contribution in [0.3, 0.4) is 0 Å². The van der Waals surface area contributed by atoms with Gasteiger partial charge in [0.25, 0.3) is 5.69 Å². The predicted octanol–water partition coefficient (Wildman–Crippen LogP) is 5.36. The molecule has 0 bridgehead atoms. The molecule has 0 atom stereocenters. The van der Waals surface area contributed by atoms with Gasteiger partial charge in [-0.1, -0.05) is 12.1 Å². The number of rotatable bonds is 8. The quantitative estimate of drug-likeness (QED) is 0.169. The highest BCUT2D eigenvalue weighted by Gasteiger charge is 2.08. The van der Waals surface area contributed by atoms with Crippen LogP contribution in [0.2, 0.25) is 0 Å². The number of nitro benzene ring substituents is 1. The minimum Gasteiger partial charge on any atom is -0.344 e. The van der Waals surface area contributed by atoms with Gasteiger partial charge in [0.05, 0.1) is 28.8 Å². The SMILES string of the molecule is O=[N+]([O-])c1ccc(-c2csc(N/N=C\c3ccc(N(CCl)CCl)cc3)n2)cc1. The lowest BCUT2D eigenvalue weighted by molar-refractivity contribution is -0.384. The van der Waals surface area contributed by atoms with E-state index in [0.717, 1.165) is 22.5 Å². The largest absolute Gasteiger partial charge is 0.344 e. The summed E-state index contributed by atoms with van der Waals surface area (Å²) in [6.07, 6.45) is 1.68. The van der Waals surface area contributed by atoms with E-state index in [4.69, 9.17) is 23.2 Å². The Hall–Kier alpha value is -2.68. The number of alkyl halides is 2. The summed E-state index contributed by atoms with van der Waals surface area (Å²) in [7, 11) is 0. The Labute approximate surface area is 175 Å². The van der Waals surface area contributed by atoms with E-state index < -0.39 is 4.92 Å². The molecule has 0 aliphatic heterocycles. The van der Waals surface area contributed by atoms with Crippen LogP contribution in [-0.4, -0.2) is 28.1 Å². The van der Waals surface area contributed by atoms with Crippen molar-refractivity contribution in [3.8, 4) is 11.3 Å². The van der Waals surface area contributed by atoms with Crippen molar-refractivity contribution in [2.75, 3.05) is 22.3 Å². The van der Waals surface area contributed by atoms with Crippen LogP contribution in [0.25, 0.3) is 11.3 Å². The van der Waals surface area contributed by atoms with E-state index in [9.17, 15) is 10.1 Å². The number of hydrazone groups is 1. The Bertz CT molecular complexity index is 957. The standard InChI is InChI=1S/C18H15Cl2N5O2S/c19-11-24(12-20)15-5-1-13(2-6-15)9-21-23-18-22-17(10-28-18)14-3-7-16(8-4-14)25(26)27/h1-10H,11-12H2,(H,22,23)/b21-9-. The zero-order valence-corrected chi connectivity index (χ0v) is 16.8. The van der Waals surface area contributed by atoms with Crippen molar-refractivity contribution in [1.29, 1.82) is 0 Å². The number of nitrogens with zero attached hydrogens (tertiary/aromatic N) is 4. The molecule has 3 aromatic rings. The lowest BCUT2D eigenvalue weighted by Gasteiger charge is -2.18. The second-order valence-corrected chi connectivity index (χ2v) is 6.92. The van der Waals surface area contributed by atoms with Crippen LogP contribution in [0.4, 0.5) is 16.5 Å². The molecule has 10 heteroatoms. The van der Waals surface area contributed by atoms with Crippen LogP contribution >= 0.6 is 34.5 Å². The van der Waals surface area contributed by atoms with Gasteiger partial charge in [-0.2, -0.15) is 5.10 Å². The van der Waals surface area contributed by atoms with Gasteiger partial charge >= 0.3 is 0 Å². The van der Waals surface area contributed by atoms with Crippen molar-refractivity contribution in [3.05, 3.63) is 69.6 Å². The molecule has 0 aliphatic rings. The van der Waals surface area contributed by atoms with E-state index in [1.165, 1.54) is 23.5 Å². The first-order valence-corrected chi connectivity index (χ1v) is 10.0. The highest BCUT2D eigenvalue weighted by atomic mass is 35.5. The maximum Gasteiger partial charge on any atom is 0.269 e. The Morgan fingerprint density at radius 1 is 1.14 bits per heavy atom. The number of hydrogen-bond acceptors (Lipinski definition) is 7. The zero-order chi connectivity index (χ0) is 19.9. The summed E-state index contributed by atoms with van der Waals surface area (Å²) in [6.45, 7) is 0. The van der Waals surface area contributed by atoms with Crippen LogP contribution in [-0.2, 0) is 0 Å². The smallest absolute Gasteiger partial charge is 0.269 e. The number of hydrogen-bond donors (Lipinski definition) is 1. The van der Waals surface area contributed by atoms with Crippen LogP contribution in [0.1, 0.15) is 5.56 Å². The molecule has 3 rings (SSSR count). The second kappa shape index (κ2) is 9.50. The molecule has 7 nitrogen and oxygen atoms in total. The van der Waals surface area contributed by atoms with Gasteiger partial charge in [-0.3, -0.25) is 15.5 Å². The molecule has 0 spiro atoms. The van der Waals surface area contributed by atoms with E-state index in [2.05, 4.69) is 15.5 Å². The number of nitro groups is 1. The van der Waals surface area contributed by atoms with E-state index in [0.29, 0.717) is 17.1 Å². The van der Waals surface area contributed by atoms with Crippen molar-refractivity contribution in [2.24, 2.45) is 5.10 Å². The normalized spacial score (nSPS) is 10.9. The van der Waals surface area contributed by atoms with Gasteiger partial charge in [0.15, 0.2) is 0 Å². The predicted molar refractivity (Wildman–Crippen MR) is 116 cm³/mol. The number of halogens is 2. The molecule has 1 aromatic heterocycles. The van der Waals surface area contributed by atoms with Gasteiger partial charge in [0.2, 0.25) is 5.13 Å². The molecule has 144 valence electrons. The minimum absolute atomic E-state index is 0.0492. The fraction of sp³-hybridized carbons (Fsp3) is 0.111. The average Bonchev–Trinajstić information content (AvgIpc) is 3.19. The van der Waals surface area contributed by atoms with Crippen LogP contribution in [0.15, 0.2) is 59.0 Å². The van der Waals surface area contributed by atoms with Gasteiger partial charge in [0, 0.05) is 28.8 Å². The average molecular weight is 436 g/mol. The first-order chi connectivity index (χ1) is 13.6. The van der Waals surface area contributed by atoms with Gasteiger partial charge in [-0.05, 0) is 29.8 Å². The molecule has 1 N–H and O–H groups in total. The molecule has 28 heavy (non-hydrogen) atoms. The summed E-state index contributed by atoms with van der Waals surface area (Å²) >= 11 is 13.1. The minimum atomic E-state index is -0.429. The highest BCUT2D eigenvalue weighted by Crippen LogP contribution is 2.26. The topological polar surface area (TPSA) is 83.7 Å². The molecule has 0 saturated heterocycles. The first-order valence-electron chi connectivity index (χ1n) is 8.07. The Balaban J connectivity index is 1.61. The molecular weight excluding hydrogens is 421 g/mol. The van der Waals surface area contributed by atoms with Crippen LogP contribution in [0, 0.1) is 10.1 Å². The molecular formula is C18H15Cl2N5O2S. The van der Waals surface area contributed by atoms with E-state index in [-0.39, 0.29) is 5.69 Å². The molecule has 0 amide bonds. The number of benzene rings is 2. The van der Waals surface area contributed by atoms with Gasteiger partial charge in [-0.15, -0.1) is 34.5 Å². The van der Waals surface area contributed by atoms with E-state index >= 15 is 0 Å². The van der Waals surface area contributed by atoms with Crippen molar-refractivity contribution >= 4 is 57.3 Å². The maximum atomic E-state index is 10.7.